The Hall–Kier alpha value is -0.950. The van der Waals surface area contributed by atoms with Gasteiger partial charge in [0.05, 0.1) is 6.10 Å². The van der Waals surface area contributed by atoms with Crippen molar-refractivity contribution in [2.75, 3.05) is 5.88 Å². The van der Waals surface area contributed by atoms with E-state index < -0.39 is 0 Å². The molecule has 17 heavy (non-hydrogen) atoms. The molecule has 0 aliphatic heterocycles. The van der Waals surface area contributed by atoms with Crippen LogP contribution in [0.1, 0.15) is 33.3 Å². The van der Waals surface area contributed by atoms with Gasteiger partial charge in [-0.3, -0.25) is 0 Å². The smallest absolute Gasteiger partial charge is 0.119 e. The van der Waals surface area contributed by atoms with Crippen LogP contribution in [-0.4, -0.2) is 12.0 Å². The van der Waals surface area contributed by atoms with Gasteiger partial charge in [-0.25, -0.2) is 0 Å². The fraction of sp³-hybridized carbons (Fsp3) is 0.467. The first-order valence-corrected chi connectivity index (χ1v) is 6.59. The lowest BCUT2D eigenvalue weighted by molar-refractivity contribution is 0.242. The fourth-order valence-corrected chi connectivity index (χ4v) is 1.87. The molecule has 0 saturated carbocycles. The Balaban J connectivity index is 2.80. The summed E-state index contributed by atoms with van der Waals surface area (Å²) in [6, 6.07) is 8.12. The molecular weight excluding hydrogens is 232 g/mol. The van der Waals surface area contributed by atoms with Crippen LogP contribution in [0.15, 0.2) is 29.8 Å². The van der Waals surface area contributed by atoms with Gasteiger partial charge in [0, 0.05) is 5.88 Å². The number of allylic oxidation sites excluding steroid dienone is 1. The second kappa shape index (κ2) is 6.70. The first kappa shape index (κ1) is 14.1. The van der Waals surface area contributed by atoms with Crippen molar-refractivity contribution < 1.29 is 4.74 Å². The molecule has 2 heteroatoms. The number of benzene rings is 1. The zero-order valence-electron chi connectivity index (χ0n) is 11.0. The lowest BCUT2D eigenvalue weighted by Crippen LogP contribution is -2.05. The van der Waals surface area contributed by atoms with Crippen LogP contribution in [-0.2, 0) is 0 Å². The molecule has 0 amide bonds. The van der Waals surface area contributed by atoms with Gasteiger partial charge in [-0.05, 0) is 37.5 Å². The largest absolute Gasteiger partial charge is 0.491 e. The first-order valence-electron chi connectivity index (χ1n) is 6.06. The van der Waals surface area contributed by atoms with Gasteiger partial charge >= 0.3 is 0 Å². The van der Waals surface area contributed by atoms with E-state index in [0.717, 1.165) is 5.75 Å². The molecule has 1 aromatic carbocycles. The van der Waals surface area contributed by atoms with E-state index in [1.54, 1.807) is 0 Å². The van der Waals surface area contributed by atoms with Crippen molar-refractivity contribution in [1.82, 2.24) is 0 Å². The van der Waals surface area contributed by atoms with E-state index in [4.69, 9.17) is 16.3 Å². The molecule has 0 atom stereocenters. The maximum absolute atomic E-state index is 5.92. The number of halogens is 1. The maximum atomic E-state index is 5.92. The van der Waals surface area contributed by atoms with Crippen LogP contribution in [0.3, 0.4) is 0 Å². The first-order chi connectivity index (χ1) is 8.02. The van der Waals surface area contributed by atoms with Gasteiger partial charge in [-0.15, -0.1) is 11.6 Å². The zero-order valence-corrected chi connectivity index (χ0v) is 11.8. The molecule has 0 unspecified atom stereocenters. The average molecular weight is 253 g/mol. The number of hydrogen-bond acceptors (Lipinski definition) is 1. The molecule has 0 aliphatic rings. The summed E-state index contributed by atoms with van der Waals surface area (Å²) in [5.74, 6) is 1.98. The minimum Gasteiger partial charge on any atom is -0.491 e. The monoisotopic (exact) mass is 252 g/mol. The van der Waals surface area contributed by atoms with Crippen LogP contribution in [0.4, 0.5) is 0 Å². The van der Waals surface area contributed by atoms with Gasteiger partial charge in [0.2, 0.25) is 0 Å². The minimum atomic E-state index is 0.213. The summed E-state index contributed by atoms with van der Waals surface area (Å²) >= 11 is 5.92. The quantitative estimate of drug-likeness (QED) is 0.687. The second-order valence-electron chi connectivity index (χ2n) is 4.74. The Morgan fingerprint density at radius 1 is 1.18 bits per heavy atom. The predicted octanol–water partition coefficient (Wildman–Crippen LogP) is 4.75. The molecule has 1 aromatic rings. The highest BCUT2D eigenvalue weighted by molar-refractivity contribution is 6.19. The van der Waals surface area contributed by atoms with Gasteiger partial charge < -0.3 is 4.74 Å². The van der Waals surface area contributed by atoms with Crippen molar-refractivity contribution in [1.29, 1.82) is 0 Å². The third-order valence-electron chi connectivity index (χ3n) is 2.50. The molecule has 0 aromatic heterocycles. The molecular formula is C15H21ClO. The minimum absolute atomic E-state index is 0.213. The lowest BCUT2D eigenvalue weighted by atomic mass is 10.0. The molecule has 0 radical (unpaired) electrons. The molecule has 1 nitrogen and oxygen atoms in total. The normalized spacial score (nSPS) is 12.3. The molecule has 0 N–H and O–H groups in total. The number of hydrogen-bond donors (Lipinski definition) is 0. The highest BCUT2D eigenvalue weighted by atomic mass is 35.5. The Morgan fingerprint density at radius 2 is 1.76 bits per heavy atom. The fourth-order valence-electron chi connectivity index (χ4n) is 1.49. The van der Waals surface area contributed by atoms with Gasteiger partial charge in [-0.2, -0.15) is 0 Å². The highest BCUT2D eigenvalue weighted by Crippen LogP contribution is 2.19. The molecule has 0 aliphatic carbocycles. The number of alkyl halides is 1. The summed E-state index contributed by atoms with van der Waals surface area (Å²) in [6.45, 7) is 8.37. The number of ether oxygens (including phenoxy) is 1. The van der Waals surface area contributed by atoms with E-state index >= 15 is 0 Å². The average Bonchev–Trinajstić information content (AvgIpc) is 2.26. The van der Waals surface area contributed by atoms with E-state index in [9.17, 15) is 0 Å². The van der Waals surface area contributed by atoms with E-state index in [-0.39, 0.29) is 6.10 Å². The summed E-state index contributed by atoms with van der Waals surface area (Å²) < 4.78 is 5.60. The lowest BCUT2D eigenvalue weighted by Gasteiger charge is -2.10. The molecule has 0 fully saturated rings. The zero-order chi connectivity index (χ0) is 12.8. The second-order valence-corrected chi connectivity index (χ2v) is 5.01. The standard InChI is InChI=1S/C15H21ClO/c1-11(2)14(10-16)9-13-5-7-15(8-6-13)17-12(3)4/h5-9,11-12H,10H2,1-4H3. The van der Waals surface area contributed by atoms with Crippen molar-refractivity contribution in [3.05, 3.63) is 35.4 Å². The van der Waals surface area contributed by atoms with Gasteiger partial charge in [0.25, 0.3) is 0 Å². The predicted molar refractivity (Wildman–Crippen MR) is 75.7 cm³/mol. The molecule has 0 heterocycles. The number of rotatable bonds is 5. The molecule has 0 spiro atoms. The van der Waals surface area contributed by atoms with E-state index in [1.807, 2.05) is 26.0 Å². The van der Waals surface area contributed by atoms with Crippen LogP contribution in [0.5, 0.6) is 5.75 Å². The van der Waals surface area contributed by atoms with Crippen molar-refractivity contribution in [2.45, 2.75) is 33.8 Å². The third-order valence-corrected chi connectivity index (χ3v) is 2.81. The van der Waals surface area contributed by atoms with Crippen LogP contribution < -0.4 is 4.74 Å². The summed E-state index contributed by atoms with van der Waals surface area (Å²) in [7, 11) is 0. The Labute approximate surface area is 109 Å². The molecule has 0 bridgehead atoms. The summed E-state index contributed by atoms with van der Waals surface area (Å²) in [6.07, 6.45) is 2.36. The molecule has 0 saturated heterocycles. The van der Waals surface area contributed by atoms with Crippen LogP contribution in [0.2, 0.25) is 0 Å². The van der Waals surface area contributed by atoms with E-state index in [1.165, 1.54) is 11.1 Å². The Bertz CT molecular complexity index is 363. The SMILES string of the molecule is CC(C)Oc1ccc(C=C(CCl)C(C)C)cc1. The van der Waals surface area contributed by atoms with Crippen LogP contribution in [0, 0.1) is 5.92 Å². The summed E-state index contributed by atoms with van der Waals surface area (Å²) in [5.41, 5.74) is 2.43. The van der Waals surface area contributed by atoms with Crippen molar-refractivity contribution >= 4 is 17.7 Å². The third kappa shape index (κ3) is 4.82. The van der Waals surface area contributed by atoms with Crippen LogP contribution in [0.25, 0.3) is 6.08 Å². The van der Waals surface area contributed by atoms with Crippen molar-refractivity contribution in [2.24, 2.45) is 5.92 Å². The van der Waals surface area contributed by atoms with Gasteiger partial charge in [0.1, 0.15) is 5.75 Å². The summed E-state index contributed by atoms with van der Waals surface area (Å²) in [4.78, 5) is 0. The van der Waals surface area contributed by atoms with E-state index in [0.29, 0.717) is 11.8 Å². The topological polar surface area (TPSA) is 9.23 Å². The Kier molecular flexibility index (Phi) is 5.57. The van der Waals surface area contributed by atoms with Crippen molar-refractivity contribution in [3.8, 4) is 5.75 Å². The molecule has 94 valence electrons. The van der Waals surface area contributed by atoms with Gasteiger partial charge in [0.15, 0.2) is 0 Å². The maximum Gasteiger partial charge on any atom is 0.119 e. The van der Waals surface area contributed by atoms with E-state index in [2.05, 4.69) is 32.1 Å². The highest BCUT2D eigenvalue weighted by Gasteiger charge is 2.02. The summed E-state index contributed by atoms with van der Waals surface area (Å²) in [5, 5.41) is 0. The van der Waals surface area contributed by atoms with Gasteiger partial charge in [-0.1, -0.05) is 37.6 Å². The molecule has 1 rings (SSSR count). The Morgan fingerprint density at radius 3 is 2.18 bits per heavy atom. The van der Waals surface area contributed by atoms with Crippen LogP contribution >= 0.6 is 11.6 Å². The van der Waals surface area contributed by atoms with Crippen molar-refractivity contribution in [3.63, 3.8) is 0 Å².